The Kier molecular flexibility index (Phi) is 7.86. The molecule has 0 radical (unpaired) electrons. The molecule has 8 heteroatoms. The third-order valence-corrected chi connectivity index (χ3v) is 5.29. The second kappa shape index (κ2) is 10.8. The molecule has 0 spiro atoms. The fourth-order valence-electron chi connectivity index (χ4n) is 3.25. The maximum Gasteiger partial charge on any atom is 0.315 e. The summed E-state index contributed by atoms with van der Waals surface area (Å²) >= 11 is 3.34. The summed E-state index contributed by atoms with van der Waals surface area (Å²) in [5.41, 5.74) is 1.59. The molecule has 0 saturated carbocycles. The Balaban J connectivity index is 1.39. The van der Waals surface area contributed by atoms with E-state index in [9.17, 15) is 9.59 Å². The first-order chi connectivity index (χ1) is 14.1. The Labute approximate surface area is 179 Å². The van der Waals surface area contributed by atoms with Crippen molar-refractivity contribution >= 4 is 33.7 Å². The van der Waals surface area contributed by atoms with E-state index in [1.807, 2.05) is 24.3 Å². The molecule has 3 rings (SSSR count). The number of carbonyl (C=O) groups excluding carboxylic acids is 2. The van der Waals surface area contributed by atoms with E-state index in [4.69, 9.17) is 0 Å². The Hall–Kier alpha value is -2.61. The SMILES string of the molecule is O=C(NCCNC(=O)c1ccc(Br)cc1)NCc1cccnc1N1CCCCC1. The normalized spacial score (nSPS) is 13.6. The topological polar surface area (TPSA) is 86.4 Å². The van der Waals surface area contributed by atoms with Gasteiger partial charge < -0.3 is 20.9 Å². The molecule has 0 unspecified atom stereocenters. The van der Waals surface area contributed by atoms with Crippen LogP contribution < -0.4 is 20.9 Å². The number of urea groups is 1. The molecule has 154 valence electrons. The largest absolute Gasteiger partial charge is 0.356 e. The first-order valence-electron chi connectivity index (χ1n) is 9.88. The van der Waals surface area contributed by atoms with Crippen molar-refractivity contribution in [2.24, 2.45) is 0 Å². The molecule has 1 saturated heterocycles. The van der Waals surface area contributed by atoms with Crippen molar-refractivity contribution in [3.8, 4) is 0 Å². The molecule has 2 heterocycles. The first kappa shape index (κ1) is 21.1. The number of halogens is 1. The molecule has 1 aliphatic rings. The van der Waals surface area contributed by atoms with E-state index in [0.29, 0.717) is 25.2 Å². The van der Waals surface area contributed by atoms with Crippen molar-refractivity contribution in [1.82, 2.24) is 20.9 Å². The van der Waals surface area contributed by atoms with E-state index in [1.54, 1.807) is 18.3 Å². The molecule has 29 heavy (non-hydrogen) atoms. The summed E-state index contributed by atoms with van der Waals surface area (Å²) in [6.45, 7) is 3.13. The summed E-state index contributed by atoms with van der Waals surface area (Å²) in [5.74, 6) is 0.788. The lowest BCUT2D eigenvalue weighted by atomic mass is 10.1. The first-order valence-corrected chi connectivity index (χ1v) is 10.7. The number of hydrogen-bond acceptors (Lipinski definition) is 4. The molecule has 0 aliphatic carbocycles. The van der Waals surface area contributed by atoms with Gasteiger partial charge in [-0.15, -0.1) is 0 Å². The van der Waals surface area contributed by atoms with Gasteiger partial charge >= 0.3 is 6.03 Å². The number of nitrogens with one attached hydrogen (secondary N) is 3. The zero-order valence-electron chi connectivity index (χ0n) is 16.3. The van der Waals surface area contributed by atoms with Crippen molar-refractivity contribution in [2.75, 3.05) is 31.1 Å². The monoisotopic (exact) mass is 459 g/mol. The molecular formula is C21H26BrN5O2. The number of piperidine rings is 1. The van der Waals surface area contributed by atoms with Gasteiger partial charge in [0.05, 0.1) is 0 Å². The standard InChI is InChI=1S/C21H26BrN5O2/c22-18-8-6-16(7-9-18)20(28)24-11-12-25-21(29)26-15-17-5-4-10-23-19(17)27-13-2-1-3-14-27/h4-10H,1-3,11-15H2,(H,24,28)(H2,25,26,29). The van der Waals surface area contributed by atoms with Crippen LogP contribution in [0.1, 0.15) is 35.2 Å². The van der Waals surface area contributed by atoms with E-state index in [2.05, 4.69) is 41.8 Å². The van der Waals surface area contributed by atoms with Gasteiger partial charge in [0.25, 0.3) is 5.91 Å². The van der Waals surface area contributed by atoms with Crippen LogP contribution in [-0.2, 0) is 6.54 Å². The molecule has 3 N–H and O–H groups in total. The lowest BCUT2D eigenvalue weighted by molar-refractivity contribution is 0.0954. The van der Waals surface area contributed by atoms with Gasteiger partial charge in [-0.25, -0.2) is 9.78 Å². The number of anilines is 1. The average molecular weight is 460 g/mol. The number of rotatable bonds is 7. The minimum absolute atomic E-state index is 0.166. The predicted octanol–water partition coefficient (Wildman–Crippen LogP) is 3.06. The number of pyridine rings is 1. The Bertz CT molecular complexity index is 822. The van der Waals surface area contributed by atoms with E-state index < -0.39 is 0 Å². The average Bonchev–Trinajstić information content (AvgIpc) is 2.76. The van der Waals surface area contributed by atoms with E-state index >= 15 is 0 Å². The Morgan fingerprint density at radius 3 is 2.45 bits per heavy atom. The Morgan fingerprint density at radius 1 is 0.966 bits per heavy atom. The minimum atomic E-state index is -0.267. The van der Waals surface area contributed by atoms with Crippen LogP contribution in [0.4, 0.5) is 10.6 Å². The third-order valence-electron chi connectivity index (χ3n) is 4.77. The van der Waals surface area contributed by atoms with Crippen molar-refractivity contribution in [2.45, 2.75) is 25.8 Å². The van der Waals surface area contributed by atoms with E-state index in [0.717, 1.165) is 28.9 Å². The van der Waals surface area contributed by atoms with E-state index in [-0.39, 0.29) is 11.9 Å². The van der Waals surface area contributed by atoms with E-state index in [1.165, 1.54) is 19.3 Å². The maximum atomic E-state index is 12.1. The van der Waals surface area contributed by atoms with Crippen LogP contribution in [0, 0.1) is 0 Å². The van der Waals surface area contributed by atoms with Gasteiger partial charge in [0.2, 0.25) is 0 Å². The molecule has 2 aromatic rings. The Morgan fingerprint density at radius 2 is 1.69 bits per heavy atom. The molecule has 0 bridgehead atoms. The maximum absolute atomic E-state index is 12.1. The number of amides is 3. The third kappa shape index (κ3) is 6.45. The molecule has 0 atom stereocenters. The number of aromatic nitrogens is 1. The second-order valence-electron chi connectivity index (χ2n) is 6.91. The van der Waals surface area contributed by atoms with Crippen LogP contribution in [0.5, 0.6) is 0 Å². The minimum Gasteiger partial charge on any atom is -0.356 e. The summed E-state index contributed by atoms with van der Waals surface area (Å²) < 4.78 is 0.921. The van der Waals surface area contributed by atoms with Crippen molar-refractivity contribution < 1.29 is 9.59 Å². The molecule has 1 aromatic carbocycles. The fourth-order valence-corrected chi connectivity index (χ4v) is 3.52. The van der Waals surface area contributed by atoms with Crippen LogP contribution >= 0.6 is 15.9 Å². The molecule has 3 amide bonds. The molecule has 7 nitrogen and oxygen atoms in total. The van der Waals surface area contributed by atoms with Crippen LogP contribution in [0.25, 0.3) is 0 Å². The quantitative estimate of drug-likeness (QED) is 0.555. The fraction of sp³-hybridized carbons (Fsp3) is 0.381. The van der Waals surface area contributed by atoms with Crippen LogP contribution in [0.2, 0.25) is 0 Å². The number of benzene rings is 1. The summed E-state index contributed by atoms with van der Waals surface area (Å²) in [6.07, 6.45) is 5.41. The van der Waals surface area contributed by atoms with Gasteiger partial charge in [0.15, 0.2) is 0 Å². The van der Waals surface area contributed by atoms with Gasteiger partial charge in [-0.3, -0.25) is 4.79 Å². The van der Waals surface area contributed by atoms with Crippen LogP contribution in [0.3, 0.4) is 0 Å². The number of carbonyl (C=O) groups is 2. The highest BCUT2D eigenvalue weighted by atomic mass is 79.9. The van der Waals surface area contributed by atoms with Gasteiger partial charge in [-0.05, 0) is 49.6 Å². The van der Waals surface area contributed by atoms with Crippen LogP contribution in [0.15, 0.2) is 47.1 Å². The molecule has 1 fully saturated rings. The molecule has 1 aromatic heterocycles. The lowest BCUT2D eigenvalue weighted by Crippen LogP contribution is -2.40. The summed E-state index contributed by atoms with van der Waals surface area (Å²) in [7, 11) is 0. The summed E-state index contributed by atoms with van der Waals surface area (Å²) in [5, 5.41) is 8.42. The molecular weight excluding hydrogens is 434 g/mol. The smallest absolute Gasteiger partial charge is 0.315 e. The van der Waals surface area contributed by atoms with Crippen molar-refractivity contribution in [3.05, 3.63) is 58.2 Å². The predicted molar refractivity (Wildman–Crippen MR) is 117 cm³/mol. The van der Waals surface area contributed by atoms with Crippen molar-refractivity contribution in [3.63, 3.8) is 0 Å². The van der Waals surface area contributed by atoms with Gasteiger partial charge in [0.1, 0.15) is 5.82 Å². The second-order valence-corrected chi connectivity index (χ2v) is 7.82. The highest BCUT2D eigenvalue weighted by Gasteiger charge is 2.15. The van der Waals surface area contributed by atoms with Gasteiger partial charge in [-0.2, -0.15) is 0 Å². The zero-order chi connectivity index (χ0) is 20.5. The number of hydrogen-bond donors (Lipinski definition) is 3. The summed E-state index contributed by atoms with van der Waals surface area (Å²) in [4.78, 5) is 30.9. The highest BCUT2D eigenvalue weighted by molar-refractivity contribution is 9.10. The van der Waals surface area contributed by atoms with Gasteiger partial charge in [-0.1, -0.05) is 22.0 Å². The van der Waals surface area contributed by atoms with Crippen LogP contribution in [-0.4, -0.2) is 43.1 Å². The van der Waals surface area contributed by atoms with Crippen molar-refractivity contribution in [1.29, 1.82) is 0 Å². The summed E-state index contributed by atoms with van der Waals surface area (Å²) in [6, 6.07) is 10.7. The molecule has 1 aliphatic heterocycles. The number of nitrogens with zero attached hydrogens (tertiary/aromatic N) is 2. The van der Waals surface area contributed by atoms with Gasteiger partial charge in [0, 0.05) is 54.5 Å². The zero-order valence-corrected chi connectivity index (χ0v) is 17.9. The lowest BCUT2D eigenvalue weighted by Gasteiger charge is -2.29. The highest BCUT2D eigenvalue weighted by Crippen LogP contribution is 2.21.